The molecule has 0 saturated carbocycles. The van der Waals surface area contributed by atoms with E-state index in [1.54, 1.807) is 12.4 Å². The molecule has 11 heteroatoms. The van der Waals surface area contributed by atoms with Gasteiger partial charge in [0.25, 0.3) is 5.91 Å². The number of imidazole rings is 1. The number of carbonyl (C=O) groups excluding carboxylic acids is 1. The lowest BCUT2D eigenvalue weighted by Gasteiger charge is -2.08. The van der Waals surface area contributed by atoms with Crippen molar-refractivity contribution in [1.29, 1.82) is 0 Å². The molecule has 0 atom stereocenters. The van der Waals surface area contributed by atoms with E-state index in [0.717, 1.165) is 27.6 Å². The minimum absolute atomic E-state index is 0.188. The average Bonchev–Trinajstić information content (AvgIpc) is 3.22. The molecular weight excluding hydrogens is 409 g/mol. The summed E-state index contributed by atoms with van der Waals surface area (Å²) >= 11 is 1.33. The van der Waals surface area contributed by atoms with Gasteiger partial charge in [0.05, 0.1) is 12.0 Å². The standard InChI is InChI=1S/C16H16N4OS.C2HF3O2/c1-10-8-15(19-22-10)16(21)18-13-4-6-14(7-5-13)20-9-17-11(2)12(20)3;3-2(4,5)1(6)7/h4-9H,1-3H3,(H,18,21);(H,6,7). The van der Waals surface area contributed by atoms with Gasteiger partial charge in [-0.2, -0.15) is 17.5 Å². The number of anilines is 1. The number of amides is 1. The van der Waals surface area contributed by atoms with E-state index in [9.17, 15) is 18.0 Å². The first-order chi connectivity index (χ1) is 13.5. The molecule has 0 spiro atoms. The molecule has 1 aromatic carbocycles. The monoisotopic (exact) mass is 426 g/mol. The number of rotatable bonds is 3. The maximum absolute atomic E-state index is 12.1. The van der Waals surface area contributed by atoms with Crippen LogP contribution < -0.4 is 5.32 Å². The Bertz CT molecular complexity index is 1010. The van der Waals surface area contributed by atoms with Gasteiger partial charge in [-0.25, -0.2) is 9.78 Å². The van der Waals surface area contributed by atoms with Crippen LogP contribution in [0.4, 0.5) is 18.9 Å². The van der Waals surface area contributed by atoms with Crippen LogP contribution in [-0.2, 0) is 4.79 Å². The second-order valence-corrected chi connectivity index (χ2v) is 6.92. The Morgan fingerprint density at radius 3 is 2.14 bits per heavy atom. The Balaban J connectivity index is 0.000000370. The number of hydrogen-bond donors (Lipinski definition) is 2. The van der Waals surface area contributed by atoms with E-state index in [1.165, 1.54) is 11.5 Å². The summed E-state index contributed by atoms with van der Waals surface area (Å²) in [7, 11) is 0. The highest BCUT2D eigenvalue weighted by atomic mass is 32.1. The van der Waals surface area contributed by atoms with E-state index >= 15 is 0 Å². The van der Waals surface area contributed by atoms with Crippen LogP contribution in [-0.4, -0.2) is 37.1 Å². The number of aryl methyl sites for hydroxylation is 2. The van der Waals surface area contributed by atoms with E-state index in [1.807, 2.05) is 49.6 Å². The van der Waals surface area contributed by atoms with Crippen molar-refractivity contribution < 1.29 is 27.9 Å². The maximum atomic E-state index is 12.1. The van der Waals surface area contributed by atoms with Crippen LogP contribution in [0.1, 0.15) is 26.8 Å². The number of hydrogen-bond acceptors (Lipinski definition) is 5. The van der Waals surface area contributed by atoms with E-state index in [2.05, 4.69) is 14.7 Å². The van der Waals surface area contributed by atoms with E-state index in [-0.39, 0.29) is 5.91 Å². The minimum atomic E-state index is -5.08. The number of halogens is 3. The molecular formula is C18H17F3N4O3S. The number of carboxylic acid groups (broad SMARTS) is 1. The van der Waals surface area contributed by atoms with Crippen LogP contribution in [0.5, 0.6) is 0 Å². The quantitative estimate of drug-likeness (QED) is 0.656. The number of aromatic nitrogens is 3. The number of alkyl halides is 3. The number of aliphatic carboxylic acids is 1. The third kappa shape index (κ3) is 5.88. The largest absolute Gasteiger partial charge is 0.490 e. The molecule has 2 heterocycles. The average molecular weight is 426 g/mol. The molecule has 0 aliphatic heterocycles. The summed E-state index contributed by atoms with van der Waals surface area (Å²) in [4.78, 5) is 26.3. The number of nitrogens with zero attached hydrogens (tertiary/aromatic N) is 3. The third-order valence-corrected chi connectivity index (χ3v) is 4.45. The molecule has 0 radical (unpaired) electrons. The van der Waals surface area contributed by atoms with Crippen LogP contribution >= 0.6 is 11.5 Å². The molecule has 0 fully saturated rings. The molecule has 2 aromatic heterocycles. The molecule has 0 bridgehead atoms. The molecule has 3 aromatic rings. The topological polar surface area (TPSA) is 97.1 Å². The first-order valence-electron chi connectivity index (χ1n) is 8.15. The van der Waals surface area contributed by atoms with Crippen molar-refractivity contribution in [3.63, 3.8) is 0 Å². The smallest absolute Gasteiger partial charge is 0.475 e. The number of nitrogens with one attached hydrogen (secondary N) is 1. The molecule has 0 aliphatic rings. The lowest BCUT2D eigenvalue weighted by atomic mass is 10.2. The summed E-state index contributed by atoms with van der Waals surface area (Å²) in [6.07, 6.45) is -3.28. The Morgan fingerprint density at radius 2 is 1.72 bits per heavy atom. The van der Waals surface area contributed by atoms with Gasteiger partial charge < -0.3 is 15.0 Å². The van der Waals surface area contributed by atoms with Gasteiger partial charge in [-0.15, -0.1) is 0 Å². The van der Waals surface area contributed by atoms with Crippen LogP contribution in [0.3, 0.4) is 0 Å². The second kappa shape index (κ2) is 8.86. The predicted octanol–water partition coefficient (Wildman–Crippen LogP) is 4.14. The van der Waals surface area contributed by atoms with Gasteiger partial charge in [0.15, 0.2) is 0 Å². The molecule has 0 saturated heterocycles. The summed E-state index contributed by atoms with van der Waals surface area (Å²) in [5, 5.41) is 9.98. The maximum Gasteiger partial charge on any atom is 0.490 e. The van der Waals surface area contributed by atoms with Gasteiger partial charge >= 0.3 is 12.1 Å². The molecule has 154 valence electrons. The zero-order valence-electron chi connectivity index (χ0n) is 15.6. The van der Waals surface area contributed by atoms with Gasteiger partial charge in [0, 0.05) is 21.9 Å². The first-order valence-corrected chi connectivity index (χ1v) is 8.92. The van der Waals surface area contributed by atoms with E-state index in [0.29, 0.717) is 5.69 Å². The normalized spacial score (nSPS) is 10.8. The highest BCUT2D eigenvalue weighted by Crippen LogP contribution is 2.18. The number of carboxylic acids is 1. The fourth-order valence-electron chi connectivity index (χ4n) is 2.13. The first kappa shape index (κ1) is 22.1. The van der Waals surface area contributed by atoms with Crippen molar-refractivity contribution in [2.75, 3.05) is 5.32 Å². The SMILES string of the molecule is Cc1cc(C(=O)Nc2ccc(-n3cnc(C)c3C)cc2)ns1.O=C(O)C(F)(F)F. The molecule has 0 unspecified atom stereocenters. The lowest BCUT2D eigenvalue weighted by Crippen LogP contribution is -2.21. The van der Waals surface area contributed by atoms with Crippen LogP contribution in [0, 0.1) is 20.8 Å². The molecule has 2 N–H and O–H groups in total. The van der Waals surface area contributed by atoms with Crippen molar-refractivity contribution in [3.05, 3.63) is 58.6 Å². The van der Waals surface area contributed by atoms with Crippen LogP contribution in [0.2, 0.25) is 0 Å². The Hall–Kier alpha value is -3.21. The van der Waals surface area contributed by atoms with E-state index < -0.39 is 12.1 Å². The summed E-state index contributed by atoms with van der Waals surface area (Å²) in [6, 6.07) is 9.44. The second-order valence-electron chi connectivity index (χ2n) is 5.91. The van der Waals surface area contributed by atoms with Gasteiger partial charge in [-0.3, -0.25) is 4.79 Å². The Kier molecular flexibility index (Phi) is 6.75. The third-order valence-electron chi connectivity index (χ3n) is 3.76. The fraction of sp³-hybridized carbons (Fsp3) is 0.222. The lowest BCUT2D eigenvalue weighted by molar-refractivity contribution is -0.192. The van der Waals surface area contributed by atoms with Gasteiger partial charge in [0.1, 0.15) is 5.69 Å². The predicted molar refractivity (Wildman–Crippen MR) is 102 cm³/mol. The van der Waals surface area contributed by atoms with E-state index in [4.69, 9.17) is 9.90 Å². The Morgan fingerprint density at radius 1 is 1.14 bits per heavy atom. The number of benzene rings is 1. The molecule has 0 aliphatic carbocycles. The van der Waals surface area contributed by atoms with Crippen molar-refractivity contribution in [2.45, 2.75) is 26.9 Å². The minimum Gasteiger partial charge on any atom is -0.475 e. The van der Waals surface area contributed by atoms with Crippen molar-refractivity contribution in [2.24, 2.45) is 0 Å². The highest BCUT2D eigenvalue weighted by Gasteiger charge is 2.38. The van der Waals surface area contributed by atoms with Crippen molar-refractivity contribution in [1.82, 2.24) is 13.9 Å². The van der Waals surface area contributed by atoms with Crippen molar-refractivity contribution in [3.8, 4) is 5.69 Å². The highest BCUT2D eigenvalue weighted by molar-refractivity contribution is 7.05. The number of carbonyl (C=O) groups is 2. The van der Waals surface area contributed by atoms with Crippen LogP contribution in [0.25, 0.3) is 5.69 Å². The Labute approximate surface area is 168 Å². The zero-order chi connectivity index (χ0) is 21.8. The van der Waals surface area contributed by atoms with Crippen LogP contribution in [0.15, 0.2) is 36.7 Å². The fourth-order valence-corrected chi connectivity index (χ4v) is 2.68. The molecule has 1 amide bonds. The summed E-state index contributed by atoms with van der Waals surface area (Å²) in [6.45, 7) is 5.94. The molecule has 3 rings (SSSR count). The zero-order valence-corrected chi connectivity index (χ0v) is 16.4. The summed E-state index contributed by atoms with van der Waals surface area (Å²) < 4.78 is 37.9. The van der Waals surface area contributed by atoms with Gasteiger partial charge in [-0.1, -0.05) is 0 Å². The molecule has 7 nitrogen and oxygen atoms in total. The molecule has 29 heavy (non-hydrogen) atoms. The summed E-state index contributed by atoms with van der Waals surface area (Å²) in [5.74, 6) is -2.95. The summed E-state index contributed by atoms with van der Waals surface area (Å²) in [5.41, 5.74) is 4.33. The van der Waals surface area contributed by atoms with Crippen molar-refractivity contribution >= 4 is 29.1 Å². The van der Waals surface area contributed by atoms with Gasteiger partial charge in [-0.05, 0) is 62.6 Å². The van der Waals surface area contributed by atoms with Gasteiger partial charge in [0.2, 0.25) is 0 Å².